The molecule has 0 bridgehead atoms. The van der Waals surface area contributed by atoms with Crippen LogP contribution >= 0.6 is 0 Å². The highest BCUT2D eigenvalue weighted by molar-refractivity contribution is 6.28. The van der Waals surface area contributed by atoms with Gasteiger partial charge in [-0.15, -0.1) is 0 Å². The van der Waals surface area contributed by atoms with E-state index in [4.69, 9.17) is 4.74 Å². The van der Waals surface area contributed by atoms with Crippen molar-refractivity contribution in [2.45, 2.75) is 32.3 Å². The minimum atomic E-state index is -0.805. The summed E-state index contributed by atoms with van der Waals surface area (Å²) in [4.78, 5) is 34.1. The molecule has 1 aliphatic heterocycles. The zero-order chi connectivity index (χ0) is 15.1. The molecule has 0 aliphatic carbocycles. The third-order valence-electron chi connectivity index (χ3n) is 3.10. The van der Waals surface area contributed by atoms with E-state index in [1.54, 1.807) is 6.08 Å². The standard InChI is InChI=1S/C13H20N2O5/c1-3-8(4-5-9(16)7-20-2)6-10-11(17)14-13(19)15-12(10)18/h6,8-9,16H,3-5,7H2,1-2H3,(H2,14,15,17,18,19). The lowest BCUT2D eigenvalue weighted by atomic mass is 9.95. The van der Waals surface area contributed by atoms with Crippen molar-refractivity contribution in [3.8, 4) is 0 Å². The lowest BCUT2D eigenvalue weighted by Crippen LogP contribution is -2.51. The van der Waals surface area contributed by atoms with Gasteiger partial charge in [0.15, 0.2) is 0 Å². The van der Waals surface area contributed by atoms with Crippen LogP contribution in [0.4, 0.5) is 4.79 Å². The summed E-state index contributed by atoms with van der Waals surface area (Å²) in [5.41, 5.74) is -0.0577. The van der Waals surface area contributed by atoms with Crippen LogP contribution in [0.5, 0.6) is 0 Å². The molecule has 112 valence electrons. The molecule has 0 aromatic carbocycles. The number of urea groups is 1. The van der Waals surface area contributed by atoms with Crippen LogP contribution in [0, 0.1) is 5.92 Å². The molecule has 7 nitrogen and oxygen atoms in total. The van der Waals surface area contributed by atoms with Crippen LogP contribution in [-0.2, 0) is 14.3 Å². The number of aliphatic hydroxyl groups excluding tert-OH is 1. The first-order valence-electron chi connectivity index (χ1n) is 6.53. The van der Waals surface area contributed by atoms with Gasteiger partial charge in [-0.1, -0.05) is 13.0 Å². The number of methoxy groups -OCH3 is 1. The summed E-state index contributed by atoms with van der Waals surface area (Å²) in [7, 11) is 1.51. The molecule has 20 heavy (non-hydrogen) atoms. The van der Waals surface area contributed by atoms with Crippen LogP contribution < -0.4 is 10.6 Å². The molecule has 1 fully saturated rings. The molecule has 2 unspecified atom stereocenters. The van der Waals surface area contributed by atoms with Crippen LogP contribution in [0.25, 0.3) is 0 Å². The lowest BCUT2D eigenvalue weighted by molar-refractivity contribution is -0.124. The Bertz CT molecular complexity index is 397. The third kappa shape index (κ3) is 4.75. The van der Waals surface area contributed by atoms with E-state index in [1.807, 2.05) is 17.6 Å². The Morgan fingerprint density at radius 3 is 2.30 bits per heavy atom. The van der Waals surface area contributed by atoms with Crippen molar-refractivity contribution < 1.29 is 24.2 Å². The topological polar surface area (TPSA) is 105 Å². The summed E-state index contributed by atoms with van der Waals surface area (Å²) < 4.78 is 4.83. The van der Waals surface area contributed by atoms with E-state index < -0.39 is 23.9 Å². The second-order valence-corrected chi connectivity index (χ2v) is 4.67. The minimum Gasteiger partial charge on any atom is -0.391 e. The van der Waals surface area contributed by atoms with E-state index in [0.29, 0.717) is 12.8 Å². The average Bonchev–Trinajstić information content (AvgIpc) is 2.37. The van der Waals surface area contributed by atoms with E-state index in [9.17, 15) is 19.5 Å². The van der Waals surface area contributed by atoms with Gasteiger partial charge in [-0.05, 0) is 25.2 Å². The molecule has 7 heteroatoms. The van der Waals surface area contributed by atoms with Gasteiger partial charge < -0.3 is 9.84 Å². The van der Waals surface area contributed by atoms with Gasteiger partial charge in [-0.25, -0.2) is 4.79 Å². The van der Waals surface area contributed by atoms with Crippen LogP contribution in [0.2, 0.25) is 0 Å². The van der Waals surface area contributed by atoms with E-state index >= 15 is 0 Å². The number of ether oxygens (including phenoxy) is 1. The maximum Gasteiger partial charge on any atom is 0.328 e. The summed E-state index contributed by atoms with van der Waals surface area (Å²) >= 11 is 0. The Morgan fingerprint density at radius 2 is 1.80 bits per heavy atom. The fourth-order valence-corrected chi connectivity index (χ4v) is 1.95. The highest BCUT2D eigenvalue weighted by Crippen LogP contribution is 2.17. The molecule has 0 saturated carbocycles. The Kier molecular flexibility index (Phi) is 6.33. The summed E-state index contributed by atoms with van der Waals surface area (Å²) in [5.74, 6) is -1.40. The molecular weight excluding hydrogens is 264 g/mol. The van der Waals surface area contributed by atoms with Crippen molar-refractivity contribution in [1.29, 1.82) is 0 Å². The average molecular weight is 284 g/mol. The number of rotatable bonds is 7. The van der Waals surface area contributed by atoms with E-state index in [0.717, 1.165) is 6.42 Å². The number of aliphatic hydroxyl groups is 1. The monoisotopic (exact) mass is 284 g/mol. The summed E-state index contributed by atoms with van der Waals surface area (Å²) in [6, 6.07) is -0.805. The van der Waals surface area contributed by atoms with Crippen molar-refractivity contribution in [3.63, 3.8) is 0 Å². The van der Waals surface area contributed by atoms with Crippen molar-refractivity contribution in [1.82, 2.24) is 10.6 Å². The van der Waals surface area contributed by atoms with Gasteiger partial charge in [0.1, 0.15) is 5.57 Å². The van der Waals surface area contributed by atoms with Crippen molar-refractivity contribution >= 4 is 17.8 Å². The van der Waals surface area contributed by atoms with Crippen molar-refractivity contribution in [2.24, 2.45) is 5.92 Å². The molecule has 1 saturated heterocycles. The Labute approximate surface area is 117 Å². The third-order valence-corrected chi connectivity index (χ3v) is 3.10. The maximum atomic E-state index is 11.6. The van der Waals surface area contributed by atoms with Crippen LogP contribution in [0.3, 0.4) is 0 Å². The number of carbonyl (C=O) groups excluding carboxylic acids is 3. The number of nitrogens with one attached hydrogen (secondary N) is 2. The first-order valence-corrected chi connectivity index (χ1v) is 6.53. The summed E-state index contributed by atoms with van der Waals surface area (Å²) in [6.07, 6.45) is 2.84. The second-order valence-electron chi connectivity index (χ2n) is 4.67. The second kappa shape index (κ2) is 7.76. The number of hydrogen-bond donors (Lipinski definition) is 3. The number of imide groups is 2. The number of barbiturate groups is 1. The predicted molar refractivity (Wildman–Crippen MR) is 70.7 cm³/mol. The smallest absolute Gasteiger partial charge is 0.328 e. The molecule has 3 N–H and O–H groups in total. The van der Waals surface area contributed by atoms with Crippen LogP contribution in [0.15, 0.2) is 11.6 Å². The van der Waals surface area contributed by atoms with Crippen LogP contribution in [0.1, 0.15) is 26.2 Å². The predicted octanol–water partition coefficient (Wildman–Crippen LogP) is 0.0925. The normalized spacial score (nSPS) is 18.4. The van der Waals surface area contributed by atoms with E-state index in [2.05, 4.69) is 0 Å². The summed E-state index contributed by atoms with van der Waals surface area (Å²) in [6.45, 7) is 2.18. The minimum absolute atomic E-state index is 0.0267. The largest absolute Gasteiger partial charge is 0.391 e. The number of allylic oxidation sites excluding steroid dienone is 1. The maximum absolute atomic E-state index is 11.6. The Balaban J connectivity index is 2.65. The Morgan fingerprint density at radius 1 is 1.20 bits per heavy atom. The van der Waals surface area contributed by atoms with Crippen molar-refractivity contribution in [2.75, 3.05) is 13.7 Å². The number of hydrogen-bond acceptors (Lipinski definition) is 5. The molecule has 1 rings (SSSR count). The molecule has 4 amide bonds. The summed E-state index contributed by atoms with van der Waals surface area (Å²) in [5, 5.41) is 13.6. The number of amides is 4. The molecule has 0 aromatic rings. The zero-order valence-electron chi connectivity index (χ0n) is 11.6. The van der Waals surface area contributed by atoms with Gasteiger partial charge in [0.05, 0.1) is 12.7 Å². The number of carbonyl (C=O) groups is 3. The zero-order valence-corrected chi connectivity index (χ0v) is 11.6. The lowest BCUT2D eigenvalue weighted by Gasteiger charge is -2.18. The van der Waals surface area contributed by atoms with Crippen LogP contribution in [-0.4, -0.2) is 42.8 Å². The SMILES string of the molecule is CCC(C=C1C(=O)NC(=O)NC1=O)CCC(O)COC. The van der Waals surface area contributed by atoms with E-state index in [-0.39, 0.29) is 18.1 Å². The highest BCUT2D eigenvalue weighted by Gasteiger charge is 2.28. The fourth-order valence-electron chi connectivity index (χ4n) is 1.95. The highest BCUT2D eigenvalue weighted by atomic mass is 16.5. The molecular formula is C13H20N2O5. The Hall–Kier alpha value is -1.73. The van der Waals surface area contributed by atoms with E-state index in [1.165, 1.54) is 7.11 Å². The quantitative estimate of drug-likeness (QED) is 0.454. The molecule has 0 radical (unpaired) electrons. The van der Waals surface area contributed by atoms with Gasteiger partial charge in [0.2, 0.25) is 0 Å². The van der Waals surface area contributed by atoms with Gasteiger partial charge in [-0.3, -0.25) is 20.2 Å². The molecule has 1 aliphatic rings. The molecule has 0 spiro atoms. The van der Waals surface area contributed by atoms with Gasteiger partial charge in [-0.2, -0.15) is 0 Å². The fraction of sp³-hybridized carbons (Fsp3) is 0.615. The molecule has 2 atom stereocenters. The first kappa shape index (κ1) is 16.3. The van der Waals surface area contributed by atoms with Gasteiger partial charge in [0, 0.05) is 7.11 Å². The first-order chi connectivity index (χ1) is 9.47. The molecule has 1 heterocycles. The van der Waals surface area contributed by atoms with Gasteiger partial charge >= 0.3 is 6.03 Å². The van der Waals surface area contributed by atoms with Gasteiger partial charge in [0.25, 0.3) is 11.8 Å². The van der Waals surface area contributed by atoms with Crippen molar-refractivity contribution in [3.05, 3.63) is 11.6 Å². The molecule has 0 aromatic heterocycles.